The number of amides is 1. The number of nitrogens with one attached hydrogen (secondary N) is 1. The number of hydrogen-bond acceptors (Lipinski definition) is 3. The summed E-state index contributed by atoms with van der Waals surface area (Å²) in [6.45, 7) is 3.91. The van der Waals surface area contributed by atoms with Gasteiger partial charge in [-0.15, -0.1) is 0 Å². The molecule has 4 heteroatoms. The minimum atomic E-state index is -0.108. The molecule has 1 heterocycles. The third-order valence-electron chi connectivity index (χ3n) is 3.13. The average molecular weight is 219 g/mol. The first-order chi connectivity index (χ1) is 7.70. The molecule has 0 radical (unpaired) electrons. The fraction of sp³-hybridized carbons (Fsp3) is 0.417. The van der Waals surface area contributed by atoms with Crippen LogP contribution in [0.4, 0.5) is 0 Å². The van der Waals surface area contributed by atoms with E-state index in [4.69, 9.17) is 5.84 Å². The largest absolute Gasteiger partial charge is 0.294 e. The highest BCUT2D eigenvalue weighted by atomic mass is 16.2. The molecule has 0 saturated carbocycles. The Hall–Kier alpha value is -1.39. The maximum atomic E-state index is 11.2. The highest BCUT2D eigenvalue weighted by Crippen LogP contribution is 2.24. The van der Waals surface area contributed by atoms with Gasteiger partial charge in [-0.3, -0.25) is 15.1 Å². The summed E-state index contributed by atoms with van der Waals surface area (Å²) in [6, 6.07) is 8.62. The highest BCUT2D eigenvalue weighted by Gasteiger charge is 2.23. The predicted molar refractivity (Wildman–Crippen MR) is 62.1 cm³/mol. The molecule has 1 aromatic carbocycles. The van der Waals surface area contributed by atoms with Gasteiger partial charge in [0.05, 0.1) is 0 Å². The van der Waals surface area contributed by atoms with Crippen LogP contribution in [-0.2, 0) is 17.9 Å². The van der Waals surface area contributed by atoms with Crippen molar-refractivity contribution >= 4 is 5.91 Å². The number of fused-ring (bicyclic) bond motifs is 1. The van der Waals surface area contributed by atoms with Crippen molar-refractivity contribution in [3.8, 4) is 0 Å². The molecule has 1 unspecified atom stereocenters. The molecular formula is C12H17N3O. The van der Waals surface area contributed by atoms with E-state index in [1.54, 1.807) is 0 Å². The normalized spacial score (nSPS) is 16.9. The number of benzene rings is 1. The zero-order valence-corrected chi connectivity index (χ0v) is 9.44. The van der Waals surface area contributed by atoms with Crippen molar-refractivity contribution in [1.82, 2.24) is 10.3 Å². The lowest BCUT2D eigenvalue weighted by Gasteiger charge is -2.22. The van der Waals surface area contributed by atoms with Gasteiger partial charge in [0.15, 0.2) is 0 Å². The number of hydrogen-bond donors (Lipinski definition) is 2. The lowest BCUT2D eigenvalue weighted by atomic mass is 10.1. The maximum Gasteiger partial charge on any atom is 0.235 e. The first-order valence-electron chi connectivity index (χ1n) is 5.51. The molecular weight excluding hydrogens is 202 g/mol. The molecule has 1 amide bonds. The van der Waals surface area contributed by atoms with Crippen molar-refractivity contribution in [2.24, 2.45) is 5.84 Å². The van der Waals surface area contributed by atoms with E-state index in [2.05, 4.69) is 41.5 Å². The van der Waals surface area contributed by atoms with Crippen LogP contribution in [0.5, 0.6) is 0 Å². The van der Waals surface area contributed by atoms with Crippen LogP contribution < -0.4 is 11.3 Å². The summed E-state index contributed by atoms with van der Waals surface area (Å²) in [4.78, 5) is 13.5. The Balaban J connectivity index is 1.98. The number of nitrogens with zero attached hydrogens (tertiary/aromatic N) is 1. The molecule has 0 aliphatic carbocycles. The Morgan fingerprint density at radius 2 is 2.00 bits per heavy atom. The number of rotatable bonds is 3. The van der Waals surface area contributed by atoms with Crippen LogP contribution in [0.1, 0.15) is 24.5 Å². The van der Waals surface area contributed by atoms with Crippen molar-refractivity contribution in [1.29, 1.82) is 0 Å². The van der Waals surface area contributed by atoms with Gasteiger partial charge in [0.2, 0.25) is 5.91 Å². The van der Waals surface area contributed by atoms with Crippen molar-refractivity contribution in [3.05, 3.63) is 35.4 Å². The Kier molecular flexibility index (Phi) is 3.22. The number of nitrogens with two attached hydrogens (primary N) is 1. The lowest BCUT2D eigenvalue weighted by Crippen LogP contribution is -2.37. The summed E-state index contributed by atoms with van der Waals surface area (Å²) in [6.07, 6.45) is 0.449. The standard InChI is InChI=1S/C12H17N3O/c1-9(6-12(16)14-13)15-7-10-4-2-3-5-11(10)8-15/h2-5,9H,6-8,13H2,1H3,(H,14,16). The quantitative estimate of drug-likeness (QED) is 0.448. The number of hydrazine groups is 1. The van der Waals surface area contributed by atoms with Crippen LogP contribution in [0.3, 0.4) is 0 Å². The van der Waals surface area contributed by atoms with Crippen molar-refractivity contribution in [2.75, 3.05) is 0 Å². The lowest BCUT2D eigenvalue weighted by molar-refractivity contribution is -0.122. The van der Waals surface area contributed by atoms with Crippen LogP contribution in [0.15, 0.2) is 24.3 Å². The second kappa shape index (κ2) is 4.63. The molecule has 0 aromatic heterocycles. The molecule has 3 N–H and O–H groups in total. The summed E-state index contributed by atoms with van der Waals surface area (Å²) in [5.41, 5.74) is 4.90. The van der Waals surface area contributed by atoms with E-state index in [0.29, 0.717) is 6.42 Å². The fourth-order valence-electron chi connectivity index (χ4n) is 2.13. The zero-order valence-electron chi connectivity index (χ0n) is 9.44. The molecule has 16 heavy (non-hydrogen) atoms. The van der Waals surface area contributed by atoms with Gasteiger partial charge in [-0.05, 0) is 18.1 Å². The van der Waals surface area contributed by atoms with E-state index >= 15 is 0 Å². The third kappa shape index (κ3) is 2.23. The molecule has 1 atom stereocenters. The van der Waals surface area contributed by atoms with Crippen LogP contribution >= 0.6 is 0 Å². The van der Waals surface area contributed by atoms with Gasteiger partial charge in [0.25, 0.3) is 0 Å². The molecule has 1 aromatic rings. The molecule has 4 nitrogen and oxygen atoms in total. The van der Waals surface area contributed by atoms with E-state index < -0.39 is 0 Å². The van der Waals surface area contributed by atoms with Crippen LogP contribution in [0.25, 0.3) is 0 Å². The van der Waals surface area contributed by atoms with Crippen LogP contribution in [0.2, 0.25) is 0 Å². The zero-order chi connectivity index (χ0) is 11.5. The van der Waals surface area contributed by atoms with Gasteiger partial charge in [-0.25, -0.2) is 5.84 Å². The minimum absolute atomic E-state index is 0.108. The van der Waals surface area contributed by atoms with Gasteiger partial charge < -0.3 is 0 Å². The van der Waals surface area contributed by atoms with Crippen molar-refractivity contribution in [3.63, 3.8) is 0 Å². The minimum Gasteiger partial charge on any atom is -0.294 e. The summed E-state index contributed by atoms with van der Waals surface area (Å²) in [5, 5.41) is 0. The summed E-state index contributed by atoms with van der Waals surface area (Å²) in [5.74, 6) is 4.98. The first kappa shape index (κ1) is 11.1. The average Bonchev–Trinajstić information content (AvgIpc) is 2.72. The molecule has 1 aliphatic heterocycles. The van der Waals surface area contributed by atoms with Gasteiger partial charge in [-0.1, -0.05) is 24.3 Å². The smallest absolute Gasteiger partial charge is 0.235 e. The summed E-state index contributed by atoms with van der Waals surface area (Å²) >= 11 is 0. The van der Waals surface area contributed by atoms with E-state index in [-0.39, 0.29) is 11.9 Å². The highest BCUT2D eigenvalue weighted by molar-refractivity contribution is 5.75. The van der Waals surface area contributed by atoms with Crippen molar-refractivity contribution in [2.45, 2.75) is 32.5 Å². The maximum absolute atomic E-state index is 11.2. The molecule has 1 aliphatic rings. The van der Waals surface area contributed by atoms with Crippen LogP contribution in [0, 0.1) is 0 Å². The molecule has 0 fully saturated rings. The van der Waals surface area contributed by atoms with Gasteiger partial charge in [0.1, 0.15) is 0 Å². The molecule has 0 saturated heterocycles. The second-order valence-electron chi connectivity index (χ2n) is 4.29. The Bertz CT molecular complexity index is 367. The second-order valence-corrected chi connectivity index (χ2v) is 4.29. The Labute approximate surface area is 95.4 Å². The summed E-state index contributed by atoms with van der Waals surface area (Å²) < 4.78 is 0. The molecule has 0 bridgehead atoms. The van der Waals surface area contributed by atoms with Crippen molar-refractivity contribution < 1.29 is 4.79 Å². The first-order valence-corrected chi connectivity index (χ1v) is 5.51. The van der Waals surface area contributed by atoms with Gasteiger partial charge in [-0.2, -0.15) is 0 Å². The Morgan fingerprint density at radius 1 is 1.44 bits per heavy atom. The van der Waals surface area contributed by atoms with Crippen LogP contribution in [-0.4, -0.2) is 16.8 Å². The third-order valence-corrected chi connectivity index (χ3v) is 3.13. The molecule has 86 valence electrons. The number of carbonyl (C=O) groups excluding carboxylic acids is 1. The molecule has 2 rings (SSSR count). The van der Waals surface area contributed by atoms with Gasteiger partial charge >= 0.3 is 0 Å². The van der Waals surface area contributed by atoms with Gasteiger partial charge in [0, 0.05) is 25.6 Å². The van der Waals surface area contributed by atoms with E-state index in [9.17, 15) is 4.79 Å². The van der Waals surface area contributed by atoms with E-state index in [1.165, 1.54) is 11.1 Å². The summed E-state index contributed by atoms with van der Waals surface area (Å²) in [7, 11) is 0. The SMILES string of the molecule is CC(CC(=O)NN)N1Cc2ccccc2C1. The van der Waals surface area contributed by atoms with E-state index in [1.807, 2.05) is 0 Å². The Morgan fingerprint density at radius 3 is 2.50 bits per heavy atom. The molecule has 0 spiro atoms. The number of carbonyl (C=O) groups is 1. The fourth-order valence-corrected chi connectivity index (χ4v) is 2.13. The predicted octanol–water partition coefficient (Wildman–Crippen LogP) is 0.771. The van der Waals surface area contributed by atoms with E-state index in [0.717, 1.165) is 13.1 Å². The topological polar surface area (TPSA) is 58.4 Å². The monoisotopic (exact) mass is 219 g/mol.